The zero-order chi connectivity index (χ0) is 21.6. The first-order valence-electron chi connectivity index (χ1n) is 8.04. The van der Waals surface area contributed by atoms with Gasteiger partial charge in [-0.15, -0.1) is 22.7 Å². The summed E-state index contributed by atoms with van der Waals surface area (Å²) in [5.41, 5.74) is 0.866. The van der Waals surface area contributed by atoms with Crippen LogP contribution in [0.4, 0.5) is 5.00 Å². The lowest BCUT2D eigenvalue weighted by Crippen LogP contribution is -2.17. The van der Waals surface area contributed by atoms with Crippen LogP contribution in [0.3, 0.4) is 0 Å². The normalized spacial score (nSPS) is 10.3. The standard InChI is InChI=1S/C17H18N2O7S3/c1-8-6-27-17(18-8)28-7-10(20)19-14-12(15(22)25-3)9(5-11(21)24-2)13(29-14)16(23)26-4/h6H,5,7H2,1-4H3,(H,19,20). The highest BCUT2D eigenvalue weighted by Gasteiger charge is 2.30. The molecule has 2 aromatic rings. The number of carbonyl (C=O) groups excluding carboxylic acids is 4. The number of esters is 3. The highest BCUT2D eigenvalue weighted by Crippen LogP contribution is 2.35. The van der Waals surface area contributed by atoms with Gasteiger partial charge in [0.2, 0.25) is 5.91 Å². The third-order valence-electron chi connectivity index (χ3n) is 3.49. The smallest absolute Gasteiger partial charge is 0.348 e. The Morgan fingerprint density at radius 1 is 1.10 bits per heavy atom. The van der Waals surface area contributed by atoms with E-state index in [1.165, 1.54) is 37.3 Å². The Morgan fingerprint density at radius 3 is 2.34 bits per heavy atom. The number of aryl methyl sites for hydroxylation is 1. The van der Waals surface area contributed by atoms with E-state index in [2.05, 4.69) is 15.0 Å². The van der Waals surface area contributed by atoms with Crippen molar-refractivity contribution >= 4 is 63.3 Å². The number of rotatable bonds is 8. The van der Waals surface area contributed by atoms with Crippen LogP contribution in [-0.2, 0) is 30.2 Å². The van der Waals surface area contributed by atoms with E-state index in [0.717, 1.165) is 28.5 Å². The van der Waals surface area contributed by atoms with Gasteiger partial charge in [0.15, 0.2) is 4.34 Å². The molecule has 2 aromatic heterocycles. The fraction of sp³-hybridized carbons (Fsp3) is 0.353. The van der Waals surface area contributed by atoms with E-state index in [4.69, 9.17) is 9.47 Å². The second-order valence-electron chi connectivity index (χ2n) is 5.44. The van der Waals surface area contributed by atoms with Crippen molar-refractivity contribution in [2.24, 2.45) is 0 Å². The molecule has 0 aliphatic heterocycles. The summed E-state index contributed by atoms with van der Waals surface area (Å²) in [5.74, 6) is -2.56. The zero-order valence-electron chi connectivity index (χ0n) is 16.0. The maximum absolute atomic E-state index is 12.4. The number of ether oxygens (including phenoxy) is 3. The topological polar surface area (TPSA) is 121 Å². The lowest BCUT2D eigenvalue weighted by Gasteiger charge is -2.07. The molecule has 156 valence electrons. The van der Waals surface area contributed by atoms with Crippen molar-refractivity contribution in [3.63, 3.8) is 0 Å². The molecule has 0 unspecified atom stereocenters. The number of anilines is 1. The summed E-state index contributed by atoms with van der Waals surface area (Å²) >= 11 is 3.49. The van der Waals surface area contributed by atoms with Gasteiger partial charge in [-0.3, -0.25) is 9.59 Å². The summed E-state index contributed by atoms with van der Waals surface area (Å²) in [6.45, 7) is 1.85. The number of aromatic nitrogens is 1. The van der Waals surface area contributed by atoms with Crippen LogP contribution in [0.15, 0.2) is 9.72 Å². The van der Waals surface area contributed by atoms with Crippen molar-refractivity contribution in [3.05, 3.63) is 27.1 Å². The summed E-state index contributed by atoms with van der Waals surface area (Å²) in [7, 11) is 3.52. The number of nitrogens with zero attached hydrogens (tertiary/aromatic N) is 1. The Hall–Kier alpha value is -2.44. The molecule has 2 rings (SSSR count). The summed E-state index contributed by atoms with van der Waals surface area (Å²) in [6.07, 6.45) is -0.356. The Labute approximate surface area is 178 Å². The van der Waals surface area contributed by atoms with Crippen LogP contribution in [0.2, 0.25) is 0 Å². The van der Waals surface area contributed by atoms with Gasteiger partial charge >= 0.3 is 17.9 Å². The minimum atomic E-state index is -0.797. The third-order valence-corrected chi connectivity index (χ3v) is 6.76. The number of methoxy groups -OCH3 is 3. The second-order valence-corrected chi connectivity index (χ2v) is 8.54. The first-order valence-corrected chi connectivity index (χ1v) is 10.7. The number of hydrogen-bond acceptors (Lipinski definition) is 11. The summed E-state index contributed by atoms with van der Waals surface area (Å²) in [6, 6.07) is 0. The molecule has 0 radical (unpaired) electrons. The molecule has 29 heavy (non-hydrogen) atoms. The number of thiazole rings is 1. The zero-order valence-corrected chi connectivity index (χ0v) is 18.5. The van der Waals surface area contributed by atoms with Gasteiger partial charge in [-0.2, -0.15) is 0 Å². The van der Waals surface area contributed by atoms with Gasteiger partial charge in [-0.05, 0) is 6.92 Å². The Morgan fingerprint density at radius 2 is 1.79 bits per heavy atom. The summed E-state index contributed by atoms with van der Waals surface area (Å²) in [5, 5.41) is 4.57. The maximum Gasteiger partial charge on any atom is 0.348 e. The van der Waals surface area contributed by atoms with Crippen molar-refractivity contribution < 1.29 is 33.4 Å². The number of thioether (sulfide) groups is 1. The number of thiophene rings is 1. The van der Waals surface area contributed by atoms with E-state index in [9.17, 15) is 19.2 Å². The molecule has 2 heterocycles. The van der Waals surface area contributed by atoms with Gasteiger partial charge in [0, 0.05) is 16.6 Å². The van der Waals surface area contributed by atoms with Crippen molar-refractivity contribution in [2.75, 3.05) is 32.4 Å². The Balaban J connectivity index is 2.33. The lowest BCUT2D eigenvalue weighted by atomic mass is 10.1. The second kappa shape index (κ2) is 10.4. The highest BCUT2D eigenvalue weighted by molar-refractivity contribution is 8.01. The number of nitrogens with one attached hydrogen (secondary N) is 1. The van der Waals surface area contributed by atoms with Crippen molar-refractivity contribution in [1.29, 1.82) is 0 Å². The molecule has 12 heteroatoms. The number of amides is 1. The lowest BCUT2D eigenvalue weighted by molar-refractivity contribution is -0.139. The third kappa shape index (κ3) is 5.78. The van der Waals surface area contributed by atoms with Gasteiger partial charge in [0.05, 0.1) is 39.1 Å². The molecule has 1 amide bonds. The first kappa shape index (κ1) is 22.8. The molecule has 0 aliphatic carbocycles. The monoisotopic (exact) mass is 458 g/mol. The van der Waals surface area contributed by atoms with E-state index in [1.54, 1.807) is 0 Å². The van der Waals surface area contributed by atoms with Crippen LogP contribution in [0.25, 0.3) is 0 Å². The van der Waals surface area contributed by atoms with Crippen LogP contribution >= 0.6 is 34.4 Å². The average molecular weight is 459 g/mol. The first-order chi connectivity index (χ1) is 13.8. The van der Waals surface area contributed by atoms with Crippen LogP contribution in [0, 0.1) is 6.92 Å². The fourth-order valence-corrected chi connectivity index (χ4v) is 4.99. The molecule has 0 bridgehead atoms. The molecule has 0 aliphatic rings. The predicted molar refractivity (Wildman–Crippen MR) is 109 cm³/mol. The molecule has 0 atom stereocenters. The highest BCUT2D eigenvalue weighted by atomic mass is 32.2. The minimum Gasteiger partial charge on any atom is -0.469 e. The predicted octanol–water partition coefficient (Wildman–Crippen LogP) is 2.53. The largest absolute Gasteiger partial charge is 0.469 e. The molecule has 0 fully saturated rings. The van der Waals surface area contributed by atoms with Crippen molar-refractivity contribution in [1.82, 2.24) is 4.98 Å². The van der Waals surface area contributed by atoms with Crippen LogP contribution in [0.5, 0.6) is 0 Å². The Kier molecular flexibility index (Phi) is 8.17. The van der Waals surface area contributed by atoms with Gasteiger partial charge in [0.25, 0.3) is 0 Å². The number of hydrogen-bond donors (Lipinski definition) is 1. The van der Waals surface area contributed by atoms with E-state index < -0.39 is 23.8 Å². The van der Waals surface area contributed by atoms with E-state index in [-0.39, 0.29) is 33.2 Å². The number of carbonyl (C=O) groups is 4. The molecule has 0 saturated carbocycles. The molecular weight excluding hydrogens is 440 g/mol. The van der Waals surface area contributed by atoms with Crippen LogP contribution in [-0.4, -0.2) is 55.9 Å². The fourth-order valence-electron chi connectivity index (χ4n) is 2.20. The molecule has 1 N–H and O–H groups in total. The molecule has 0 aromatic carbocycles. The van der Waals surface area contributed by atoms with Gasteiger partial charge < -0.3 is 19.5 Å². The molecular formula is C17H18N2O7S3. The van der Waals surface area contributed by atoms with Crippen molar-refractivity contribution in [3.8, 4) is 0 Å². The van der Waals surface area contributed by atoms with Crippen LogP contribution in [0.1, 0.15) is 31.3 Å². The maximum atomic E-state index is 12.4. The van der Waals surface area contributed by atoms with Gasteiger partial charge in [0.1, 0.15) is 9.88 Å². The molecule has 0 spiro atoms. The van der Waals surface area contributed by atoms with Crippen molar-refractivity contribution in [2.45, 2.75) is 17.7 Å². The molecule has 9 nitrogen and oxygen atoms in total. The SMILES string of the molecule is COC(=O)Cc1c(C(=O)OC)sc(NC(=O)CSc2nc(C)cs2)c1C(=O)OC. The van der Waals surface area contributed by atoms with E-state index in [1.807, 2.05) is 12.3 Å². The average Bonchev–Trinajstić information content (AvgIpc) is 3.28. The molecule has 0 saturated heterocycles. The van der Waals surface area contributed by atoms with Gasteiger partial charge in [-0.1, -0.05) is 11.8 Å². The Bertz CT molecular complexity index is 936. The van der Waals surface area contributed by atoms with Crippen LogP contribution < -0.4 is 5.32 Å². The minimum absolute atomic E-state index is 0.0109. The summed E-state index contributed by atoms with van der Waals surface area (Å²) < 4.78 is 14.9. The quantitative estimate of drug-likeness (QED) is 0.361. The summed E-state index contributed by atoms with van der Waals surface area (Å²) in [4.78, 5) is 52.9. The van der Waals surface area contributed by atoms with E-state index >= 15 is 0 Å². The van der Waals surface area contributed by atoms with E-state index in [0.29, 0.717) is 0 Å². The van der Waals surface area contributed by atoms with Gasteiger partial charge in [-0.25, -0.2) is 14.6 Å².